The van der Waals surface area contributed by atoms with Crippen LogP contribution < -0.4 is 10.6 Å². The van der Waals surface area contributed by atoms with Crippen molar-refractivity contribution in [2.75, 3.05) is 27.2 Å². The SMILES string of the molecule is CN(C)C(=O)NCCNC(=O)c1ccc(Cl)cn1. The molecular formula is C11H15ClN4O2. The summed E-state index contributed by atoms with van der Waals surface area (Å²) in [5.74, 6) is -0.300. The Labute approximate surface area is 110 Å². The van der Waals surface area contributed by atoms with E-state index in [9.17, 15) is 9.59 Å². The topological polar surface area (TPSA) is 74.3 Å². The standard InChI is InChI=1S/C11H15ClN4O2/c1-16(2)11(18)14-6-5-13-10(17)9-4-3-8(12)7-15-9/h3-4,7H,5-6H2,1-2H3,(H,13,17)(H,14,18). The van der Waals surface area contributed by atoms with Gasteiger partial charge >= 0.3 is 6.03 Å². The fraction of sp³-hybridized carbons (Fsp3) is 0.364. The van der Waals surface area contributed by atoms with Gasteiger partial charge in [0.15, 0.2) is 0 Å². The lowest BCUT2D eigenvalue weighted by Gasteiger charge is -2.12. The van der Waals surface area contributed by atoms with Crippen LogP contribution in [0.2, 0.25) is 5.02 Å². The van der Waals surface area contributed by atoms with E-state index >= 15 is 0 Å². The van der Waals surface area contributed by atoms with Gasteiger partial charge in [-0.05, 0) is 12.1 Å². The molecule has 0 spiro atoms. The first kappa shape index (κ1) is 14.2. The predicted octanol–water partition coefficient (Wildman–Crippen LogP) is 0.736. The molecule has 0 radical (unpaired) electrons. The molecular weight excluding hydrogens is 256 g/mol. The summed E-state index contributed by atoms with van der Waals surface area (Å²) in [4.78, 5) is 28.1. The molecule has 0 saturated carbocycles. The summed E-state index contributed by atoms with van der Waals surface area (Å²) in [5, 5.41) is 5.74. The summed E-state index contributed by atoms with van der Waals surface area (Å²) >= 11 is 5.66. The quantitative estimate of drug-likeness (QED) is 0.793. The van der Waals surface area contributed by atoms with E-state index in [1.54, 1.807) is 20.2 Å². The van der Waals surface area contributed by atoms with Crippen molar-refractivity contribution in [2.24, 2.45) is 0 Å². The largest absolute Gasteiger partial charge is 0.349 e. The maximum atomic E-state index is 11.6. The van der Waals surface area contributed by atoms with E-state index in [1.807, 2.05) is 0 Å². The van der Waals surface area contributed by atoms with Gasteiger partial charge in [-0.3, -0.25) is 4.79 Å². The van der Waals surface area contributed by atoms with E-state index < -0.39 is 0 Å². The molecule has 0 aliphatic carbocycles. The van der Waals surface area contributed by atoms with Crippen LogP contribution >= 0.6 is 11.6 Å². The number of carbonyl (C=O) groups is 2. The Kier molecular flexibility index (Phi) is 5.38. The Balaban J connectivity index is 2.29. The van der Waals surface area contributed by atoms with Crippen molar-refractivity contribution in [1.29, 1.82) is 0 Å². The number of nitrogens with one attached hydrogen (secondary N) is 2. The minimum Gasteiger partial charge on any atom is -0.349 e. The summed E-state index contributed by atoms with van der Waals surface area (Å²) in [6.07, 6.45) is 1.41. The third-order valence-corrected chi connectivity index (χ3v) is 2.28. The number of hydrogen-bond donors (Lipinski definition) is 2. The summed E-state index contributed by atoms with van der Waals surface area (Å²) in [6, 6.07) is 2.93. The summed E-state index contributed by atoms with van der Waals surface area (Å²) in [5.41, 5.74) is 0.290. The predicted molar refractivity (Wildman–Crippen MR) is 68.7 cm³/mol. The lowest BCUT2D eigenvalue weighted by molar-refractivity contribution is 0.0948. The first-order chi connectivity index (χ1) is 8.50. The molecule has 7 heteroatoms. The van der Waals surface area contributed by atoms with Gasteiger partial charge in [0.1, 0.15) is 5.69 Å². The maximum absolute atomic E-state index is 11.6. The van der Waals surface area contributed by atoms with Crippen LogP contribution in [-0.4, -0.2) is 49.0 Å². The second-order valence-corrected chi connectivity index (χ2v) is 4.18. The van der Waals surface area contributed by atoms with Gasteiger partial charge in [-0.2, -0.15) is 0 Å². The normalized spacial score (nSPS) is 9.72. The average Bonchev–Trinajstić information content (AvgIpc) is 2.34. The van der Waals surface area contributed by atoms with Crippen LogP contribution in [0.15, 0.2) is 18.3 Å². The molecule has 98 valence electrons. The van der Waals surface area contributed by atoms with Gasteiger partial charge in [0.25, 0.3) is 5.91 Å². The van der Waals surface area contributed by atoms with Crippen molar-refractivity contribution in [3.8, 4) is 0 Å². The maximum Gasteiger partial charge on any atom is 0.316 e. The molecule has 18 heavy (non-hydrogen) atoms. The van der Waals surface area contributed by atoms with Crippen LogP contribution in [0.3, 0.4) is 0 Å². The Morgan fingerprint density at radius 3 is 2.50 bits per heavy atom. The van der Waals surface area contributed by atoms with Gasteiger partial charge < -0.3 is 15.5 Å². The minimum atomic E-state index is -0.300. The summed E-state index contributed by atoms with van der Waals surface area (Å²) < 4.78 is 0. The fourth-order valence-electron chi connectivity index (χ4n) is 1.10. The van der Waals surface area contributed by atoms with Crippen LogP contribution in [0, 0.1) is 0 Å². The van der Waals surface area contributed by atoms with E-state index in [0.29, 0.717) is 23.8 Å². The Morgan fingerprint density at radius 1 is 1.28 bits per heavy atom. The van der Waals surface area contributed by atoms with E-state index in [1.165, 1.54) is 17.2 Å². The van der Waals surface area contributed by atoms with Crippen molar-refractivity contribution in [1.82, 2.24) is 20.5 Å². The third kappa shape index (κ3) is 4.58. The van der Waals surface area contributed by atoms with Gasteiger partial charge in [0, 0.05) is 33.4 Å². The zero-order chi connectivity index (χ0) is 13.5. The lowest BCUT2D eigenvalue weighted by Crippen LogP contribution is -2.39. The zero-order valence-electron chi connectivity index (χ0n) is 10.2. The van der Waals surface area contributed by atoms with Crippen molar-refractivity contribution < 1.29 is 9.59 Å². The van der Waals surface area contributed by atoms with Crippen LogP contribution in [0.5, 0.6) is 0 Å². The number of urea groups is 1. The molecule has 0 aliphatic rings. The second-order valence-electron chi connectivity index (χ2n) is 3.74. The number of nitrogens with zero attached hydrogens (tertiary/aromatic N) is 2. The molecule has 1 aromatic rings. The first-order valence-corrected chi connectivity index (χ1v) is 5.73. The molecule has 0 saturated heterocycles. The molecule has 0 bridgehead atoms. The molecule has 1 heterocycles. The third-order valence-electron chi connectivity index (χ3n) is 2.05. The van der Waals surface area contributed by atoms with Crippen LogP contribution in [-0.2, 0) is 0 Å². The molecule has 0 aromatic carbocycles. The van der Waals surface area contributed by atoms with E-state index in [2.05, 4.69) is 15.6 Å². The average molecular weight is 271 g/mol. The highest BCUT2D eigenvalue weighted by Crippen LogP contribution is 2.05. The number of halogens is 1. The molecule has 1 rings (SSSR count). The second kappa shape index (κ2) is 6.80. The number of amides is 3. The molecule has 0 aliphatic heterocycles. The van der Waals surface area contributed by atoms with Crippen LogP contribution in [0.1, 0.15) is 10.5 Å². The Bertz CT molecular complexity index is 420. The molecule has 3 amide bonds. The van der Waals surface area contributed by atoms with Gasteiger partial charge in [-0.25, -0.2) is 9.78 Å². The molecule has 2 N–H and O–H groups in total. The minimum absolute atomic E-state index is 0.200. The number of pyridine rings is 1. The first-order valence-electron chi connectivity index (χ1n) is 5.35. The summed E-state index contributed by atoms with van der Waals surface area (Å²) in [6.45, 7) is 0.694. The van der Waals surface area contributed by atoms with Crippen molar-refractivity contribution in [2.45, 2.75) is 0 Å². The highest BCUT2D eigenvalue weighted by Gasteiger charge is 2.06. The number of rotatable bonds is 4. The number of aromatic nitrogens is 1. The molecule has 0 unspecified atom stereocenters. The molecule has 0 atom stereocenters. The molecule has 0 fully saturated rings. The monoisotopic (exact) mass is 270 g/mol. The number of carbonyl (C=O) groups excluding carboxylic acids is 2. The van der Waals surface area contributed by atoms with E-state index in [0.717, 1.165) is 0 Å². The van der Waals surface area contributed by atoms with Gasteiger partial charge in [0.05, 0.1) is 5.02 Å². The smallest absolute Gasteiger partial charge is 0.316 e. The lowest BCUT2D eigenvalue weighted by atomic mass is 10.3. The molecule has 6 nitrogen and oxygen atoms in total. The van der Waals surface area contributed by atoms with E-state index in [4.69, 9.17) is 11.6 Å². The highest BCUT2D eigenvalue weighted by atomic mass is 35.5. The van der Waals surface area contributed by atoms with Gasteiger partial charge in [-0.1, -0.05) is 11.6 Å². The van der Waals surface area contributed by atoms with E-state index in [-0.39, 0.29) is 11.9 Å². The van der Waals surface area contributed by atoms with Crippen molar-refractivity contribution in [3.63, 3.8) is 0 Å². The van der Waals surface area contributed by atoms with Crippen molar-refractivity contribution in [3.05, 3.63) is 29.0 Å². The van der Waals surface area contributed by atoms with Gasteiger partial charge in [-0.15, -0.1) is 0 Å². The van der Waals surface area contributed by atoms with Crippen molar-refractivity contribution >= 4 is 23.5 Å². The Hall–Kier alpha value is -1.82. The highest BCUT2D eigenvalue weighted by molar-refractivity contribution is 6.30. The number of hydrogen-bond acceptors (Lipinski definition) is 3. The van der Waals surface area contributed by atoms with Crippen LogP contribution in [0.25, 0.3) is 0 Å². The summed E-state index contributed by atoms with van der Waals surface area (Å²) in [7, 11) is 3.29. The van der Waals surface area contributed by atoms with Gasteiger partial charge in [0.2, 0.25) is 0 Å². The fourth-order valence-corrected chi connectivity index (χ4v) is 1.22. The Morgan fingerprint density at radius 2 is 1.94 bits per heavy atom. The zero-order valence-corrected chi connectivity index (χ0v) is 11.0. The molecule has 1 aromatic heterocycles. The van der Waals surface area contributed by atoms with Crippen LogP contribution in [0.4, 0.5) is 4.79 Å².